The van der Waals surface area contributed by atoms with E-state index >= 15 is 0 Å². The second-order valence-corrected chi connectivity index (χ2v) is 3.58. The van der Waals surface area contributed by atoms with Crippen LogP contribution >= 0.6 is 0 Å². The molecule has 13 heavy (non-hydrogen) atoms. The first kappa shape index (κ1) is 9.23. The highest BCUT2D eigenvalue weighted by atomic mass is 19.4. The van der Waals surface area contributed by atoms with Gasteiger partial charge in [-0.3, -0.25) is 0 Å². The molecule has 2 rings (SSSR count). The number of fused-ring (bicyclic) bond motifs is 1. The van der Waals surface area contributed by atoms with Crippen LogP contribution in [0.25, 0.3) is 0 Å². The highest BCUT2D eigenvalue weighted by Gasteiger charge is 2.79. The van der Waals surface area contributed by atoms with Gasteiger partial charge in [-0.1, -0.05) is 0 Å². The van der Waals surface area contributed by atoms with Crippen LogP contribution in [0.2, 0.25) is 0 Å². The van der Waals surface area contributed by atoms with Gasteiger partial charge in [-0.25, -0.2) is 0 Å². The summed E-state index contributed by atoms with van der Waals surface area (Å²) in [5, 5.41) is 18.3. The van der Waals surface area contributed by atoms with Gasteiger partial charge in [0.1, 0.15) is 0 Å². The molecule has 3 nitrogen and oxygen atoms in total. The summed E-state index contributed by atoms with van der Waals surface area (Å²) in [6, 6.07) is 0. The molecule has 0 aromatic heterocycles. The molecule has 2 fully saturated rings. The monoisotopic (exact) mass is 198 g/mol. The number of aliphatic hydroxyl groups excluding tert-OH is 1. The van der Waals surface area contributed by atoms with E-state index in [4.69, 9.17) is 9.84 Å². The third-order valence-electron chi connectivity index (χ3n) is 2.86. The first-order valence-corrected chi connectivity index (χ1v) is 3.92. The van der Waals surface area contributed by atoms with Crippen molar-refractivity contribution in [1.82, 2.24) is 0 Å². The van der Waals surface area contributed by atoms with Gasteiger partial charge in [-0.05, 0) is 6.92 Å². The first-order valence-electron chi connectivity index (χ1n) is 3.92. The van der Waals surface area contributed by atoms with Crippen LogP contribution in [0.1, 0.15) is 6.92 Å². The lowest BCUT2D eigenvalue weighted by Gasteiger charge is -2.31. The molecule has 1 saturated heterocycles. The first-order chi connectivity index (χ1) is 5.80. The van der Waals surface area contributed by atoms with Gasteiger partial charge in [-0.15, -0.1) is 0 Å². The summed E-state index contributed by atoms with van der Waals surface area (Å²) >= 11 is 0. The molecule has 5 atom stereocenters. The molecular formula is C7H9F3O3. The van der Waals surface area contributed by atoms with Crippen LogP contribution < -0.4 is 0 Å². The summed E-state index contributed by atoms with van der Waals surface area (Å²) in [7, 11) is 0. The molecule has 2 N–H and O–H groups in total. The van der Waals surface area contributed by atoms with E-state index in [9.17, 15) is 18.3 Å². The van der Waals surface area contributed by atoms with E-state index in [2.05, 4.69) is 0 Å². The Bertz CT molecular complexity index is 242. The Hall–Kier alpha value is -0.330. The number of aliphatic hydroxyl groups is 2. The average Bonchev–Trinajstić information content (AvgIpc) is 2.46. The summed E-state index contributed by atoms with van der Waals surface area (Å²) in [5.74, 6) is -1.21. The summed E-state index contributed by atoms with van der Waals surface area (Å²) in [5.41, 5.74) is -2.88. The largest absolute Gasteiger partial charge is 0.420 e. The van der Waals surface area contributed by atoms with Gasteiger partial charge in [0.05, 0.1) is 24.2 Å². The minimum Gasteiger partial charge on any atom is -0.390 e. The zero-order valence-electron chi connectivity index (χ0n) is 6.75. The number of halogens is 3. The van der Waals surface area contributed by atoms with Gasteiger partial charge in [-0.2, -0.15) is 13.2 Å². The second kappa shape index (κ2) is 2.18. The molecule has 1 heterocycles. The Morgan fingerprint density at radius 3 is 2.23 bits per heavy atom. The average molecular weight is 198 g/mol. The molecule has 0 spiro atoms. The second-order valence-electron chi connectivity index (χ2n) is 3.58. The van der Waals surface area contributed by atoms with E-state index in [1.54, 1.807) is 0 Å². The predicted octanol–water partition coefficient (Wildman–Crippen LogP) is 0.0578. The van der Waals surface area contributed by atoms with Crippen molar-refractivity contribution in [3.8, 4) is 0 Å². The van der Waals surface area contributed by atoms with Crippen LogP contribution in [0.15, 0.2) is 0 Å². The van der Waals surface area contributed by atoms with Crippen molar-refractivity contribution in [3.05, 3.63) is 0 Å². The molecule has 0 aromatic carbocycles. The molecule has 1 aliphatic carbocycles. The van der Waals surface area contributed by atoms with Crippen molar-refractivity contribution in [2.24, 2.45) is 5.92 Å². The third kappa shape index (κ3) is 0.908. The molecule has 0 amide bonds. The fourth-order valence-corrected chi connectivity index (χ4v) is 1.97. The molecule has 2 aliphatic rings. The Kier molecular flexibility index (Phi) is 1.55. The standard InChI is InChI=1S/C7H9F3O3/c1-2-6(12,7(8,9)10)3-4(11)5(3)13-2/h2-5,11-12H,1H3/t2-,3?,4?,5-,6-/m0/s1. The summed E-state index contributed by atoms with van der Waals surface area (Å²) in [6.07, 6.45) is -8.07. The van der Waals surface area contributed by atoms with Gasteiger partial charge in [0.25, 0.3) is 0 Å². The van der Waals surface area contributed by atoms with Crippen molar-refractivity contribution in [2.45, 2.75) is 37.0 Å². The number of hydrogen-bond donors (Lipinski definition) is 2. The normalized spacial score (nSPS) is 54.9. The number of alkyl halides is 3. The van der Waals surface area contributed by atoms with E-state index in [1.165, 1.54) is 0 Å². The Balaban J connectivity index is 2.30. The Morgan fingerprint density at radius 2 is 1.92 bits per heavy atom. The van der Waals surface area contributed by atoms with Crippen molar-refractivity contribution in [2.75, 3.05) is 0 Å². The van der Waals surface area contributed by atoms with E-state index in [0.717, 1.165) is 6.92 Å². The van der Waals surface area contributed by atoms with Crippen molar-refractivity contribution in [1.29, 1.82) is 0 Å². The van der Waals surface area contributed by atoms with Gasteiger partial charge >= 0.3 is 6.18 Å². The van der Waals surface area contributed by atoms with Gasteiger partial charge in [0.15, 0.2) is 5.60 Å². The molecule has 0 bridgehead atoms. The van der Waals surface area contributed by atoms with E-state index in [-0.39, 0.29) is 0 Å². The van der Waals surface area contributed by atoms with Gasteiger partial charge in [0.2, 0.25) is 0 Å². The topological polar surface area (TPSA) is 49.7 Å². The van der Waals surface area contributed by atoms with Crippen LogP contribution in [0, 0.1) is 5.92 Å². The highest BCUT2D eigenvalue weighted by Crippen LogP contribution is 2.58. The SMILES string of the molecule is C[C@@H]1O[C@@H]2C(O)C2[C@]1(O)C(F)(F)F. The minimum atomic E-state index is -4.75. The maximum Gasteiger partial charge on any atom is 0.420 e. The summed E-state index contributed by atoms with van der Waals surface area (Å²) < 4.78 is 42.0. The van der Waals surface area contributed by atoms with Crippen LogP contribution in [-0.2, 0) is 4.74 Å². The molecule has 2 unspecified atom stereocenters. The lowest BCUT2D eigenvalue weighted by atomic mass is 9.92. The quantitative estimate of drug-likeness (QED) is 0.578. The number of ether oxygens (including phenoxy) is 1. The third-order valence-corrected chi connectivity index (χ3v) is 2.86. The maximum atomic E-state index is 12.4. The minimum absolute atomic E-state index is 0.846. The van der Waals surface area contributed by atoms with Crippen molar-refractivity contribution < 1.29 is 28.1 Å². The fourth-order valence-electron chi connectivity index (χ4n) is 1.97. The van der Waals surface area contributed by atoms with Crippen LogP contribution in [-0.4, -0.2) is 40.3 Å². The van der Waals surface area contributed by atoms with Gasteiger partial charge in [0, 0.05) is 0 Å². The van der Waals surface area contributed by atoms with Crippen LogP contribution in [0.5, 0.6) is 0 Å². The molecule has 0 radical (unpaired) electrons. The van der Waals surface area contributed by atoms with Gasteiger partial charge < -0.3 is 14.9 Å². The molecule has 1 aliphatic heterocycles. The Labute approximate surface area is 72.1 Å². The smallest absolute Gasteiger partial charge is 0.390 e. The van der Waals surface area contributed by atoms with Crippen LogP contribution in [0.3, 0.4) is 0 Å². The van der Waals surface area contributed by atoms with E-state index in [1.807, 2.05) is 0 Å². The molecule has 76 valence electrons. The zero-order chi connectivity index (χ0) is 10.0. The van der Waals surface area contributed by atoms with Crippen molar-refractivity contribution in [3.63, 3.8) is 0 Å². The van der Waals surface area contributed by atoms with E-state index in [0.29, 0.717) is 0 Å². The number of hydrogen-bond acceptors (Lipinski definition) is 3. The zero-order valence-corrected chi connectivity index (χ0v) is 6.75. The highest BCUT2D eigenvalue weighted by molar-refractivity contribution is 5.20. The predicted molar refractivity (Wildman–Crippen MR) is 34.8 cm³/mol. The number of rotatable bonds is 0. The molecule has 6 heteroatoms. The van der Waals surface area contributed by atoms with Crippen molar-refractivity contribution >= 4 is 0 Å². The lowest BCUT2D eigenvalue weighted by molar-refractivity contribution is -0.288. The van der Waals surface area contributed by atoms with E-state index < -0.39 is 36.0 Å². The fraction of sp³-hybridized carbons (Fsp3) is 1.00. The van der Waals surface area contributed by atoms with Crippen LogP contribution in [0.4, 0.5) is 13.2 Å². The summed E-state index contributed by atoms with van der Waals surface area (Å²) in [6.45, 7) is 1.16. The molecule has 1 saturated carbocycles. The molecular weight excluding hydrogens is 189 g/mol. The Morgan fingerprint density at radius 1 is 1.38 bits per heavy atom. The molecule has 0 aromatic rings. The summed E-state index contributed by atoms with van der Waals surface area (Å²) in [4.78, 5) is 0. The maximum absolute atomic E-state index is 12.4. The lowest BCUT2D eigenvalue weighted by Crippen LogP contribution is -2.54.